The van der Waals surface area contributed by atoms with E-state index in [1.54, 1.807) is 0 Å². The number of anilines is 1. The van der Waals surface area contributed by atoms with Crippen LogP contribution in [0.15, 0.2) is 35.3 Å². The highest BCUT2D eigenvalue weighted by molar-refractivity contribution is 6.32. The Hall–Kier alpha value is -2.45. The molecule has 0 aliphatic carbocycles. The van der Waals surface area contributed by atoms with Crippen molar-refractivity contribution in [1.82, 2.24) is 9.78 Å². The van der Waals surface area contributed by atoms with Crippen molar-refractivity contribution in [2.75, 3.05) is 11.9 Å². The number of aliphatic hydroxyl groups is 1. The molecular weight excluding hydrogens is 348 g/mol. The summed E-state index contributed by atoms with van der Waals surface area (Å²) in [7, 11) is 0. The lowest BCUT2D eigenvalue weighted by Crippen LogP contribution is -2.25. The molecule has 0 aliphatic heterocycles. The normalized spacial score (nSPS) is 12.2. The zero-order valence-electron chi connectivity index (χ0n) is 13.8. The molecule has 2 aromatic rings. The Bertz CT molecular complexity index is 805. The van der Waals surface area contributed by atoms with Crippen molar-refractivity contribution in [3.05, 3.63) is 56.0 Å². The van der Waals surface area contributed by atoms with Crippen LogP contribution in [0, 0.1) is 16.0 Å². The number of non-ortho nitro benzene ring substituents is 1. The number of aliphatic hydroxyl groups excluding tert-OH is 1. The van der Waals surface area contributed by atoms with Gasteiger partial charge in [-0.2, -0.15) is 9.78 Å². The predicted molar refractivity (Wildman–Crippen MR) is 95.4 cm³/mol. The Morgan fingerprint density at radius 2 is 2.00 bits per heavy atom. The molecule has 9 heteroatoms. The SMILES string of the molecule is CC(C)CC(O)CNc1cnn(-c2ccc([N+](=O)[O-])cc2)c(=O)c1Cl. The predicted octanol–water partition coefficient (Wildman–Crippen LogP) is 2.61. The third-order valence-electron chi connectivity index (χ3n) is 3.50. The Balaban J connectivity index is 2.19. The van der Waals surface area contributed by atoms with Crippen LogP contribution in [0.2, 0.25) is 5.02 Å². The molecule has 0 aliphatic rings. The summed E-state index contributed by atoms with van der Waals surface area (Å²) in [5, 5.41) is 27.4. The zero-order valence-corrected chi connectivity index (χ0v) is 14.6. The number of nitro groups is 1. The molecule has 1 heterocycles. The van der Waals surface area contributed by atoms with Crippen LogP contribution >= 0.6 is 11.6 Å². The van der Waals surface area contributed by atoms with Crippen molar-refractivity contribution in [3.8, 4) is 5.69 Å². The van der Waals surface area contributed by atoms with Gasteiger partial charge in [-0.3, -0.25) is 14.9 Å². The molecule has 8 nitrogen and oxygen atoms in total. The van der Waals surface area contributed by atoms with Gasteiger partial charge in [0.2, 0.25) is 0 Å². The molecule has 2 rings (SSSR count). The summed E-state index contributed by atoms with van der Waals surface area (Å²) in [5.41, 5.74) is 0.0516. The summed E-state index contributed by atoms with van der Waals surface area (Å²) in [5.74, 6) is 0.348. The number of hydrogen-bond acceptors (Lipinski definition) is 6. The number of aromatic nitrogens is 2. The van der Waals surface area contributed by atoms with Crippen molar-refractivity contribution in [1.29, 1.82) is 0 Å². The fraction of sp³-hybridized carbons (Fsp3) is 0.375. The molecule has 0 saturated carbocycles. The van der Waals surface area contributed by atoms with E-state index in [1.807, 2.05) is 13.8 Å². The van der Waals surface area contributed by atoms with Gasteiger partial charge < -0.3 is 10.4 Å². The maximum atomic E-state index is 12.4. The maximum Gasteiger partial charge on any atom is 0.292 e. The van der Waals surface area contributed by atoms with Crippen LogP contribution in [0.1, 0.15) is 20.3 Å². The first-order valence-corrected chi connectivity index (χ1v) is 8.12. The minimum absolute atomic E-state index is 0.0647. The number of nitrogens with zero attached hydrogens (tertiary/aromatic N) is 3. The van der Waals surface area contributed by atoms with Crippen LogP contribution in [0.4, 0.5) is 11.4 Å². The quantitative estimate of drug-likeness (QED) is 0.575. The lowest BCUT2D eigenvalue weighted by molar-refractivity contribution is -0.384. The van der Waals surface area contributed by atoms with E-state index >= 15 is 0 Å². The Morgan fingerprint density at radius 3 is 2.56 bits per heavy atom. The lowest BCUT2D eigenvalue weighted by Gasteiger charge is -2.15. The zero-order chi connectivity index (χ0) is 18.6. The average molecular weight is 367 g/mol. The Labute approximate surface area is 149 Å². The molecular formula is C16H19ClN4O4. The molecule has 0 fully saturated rings. The minimum atomic E-state index is -0.562. The number of rotatable bonds is 7. The molecule has 1 aromatic heterocycles. The monoisotopic (exact) mass is 366 g/mol. The van der Waals surface area contributed by atoms with E-state index in [9.17, 15) is 20.0 Å². The maximum absolute atomic E-state index is 12.4. The van der Waals surface area contributed by atoms with Gasteiger partial charge in [0.15, 0.2) is 0 Å². The van der Waals surface area contributed by atoms with E-state index < -0.39 is 16.6 Å². The molecule has 0 saturated heterocycles. The van der Waals surface area contributed by atoms with Crippen molar-refractivity contribution < 1.29 is 10.0 Å². The van der Waals surface area contributed by atoms with Crippen molar-refractivity contribution in [2.45, 2.75) is 26.4 Å². The second kappa shape index (κ2) is 8.09. The highest BCUT2D eigenvalue weighted by Crippen LogP contribution is 2.18. The van der Waals surface area contributed by atoms with Gasteiger partial charge in [-0.1, -0.05) is 25.4 Å². The molecule has 0 radical (unpaired) electrons. The summed E-state index contributed by atoms with van der Waals surface area (Å²) in [4.78, 5) is 22.5. The Kier molecular flexibility index (Phi) is 6.11. The van der Waals surface area contributed by atoms with Crippen LogP contribution < -0.4 is 10.9 Å². The number of halogens is 1. The standard InChI is InChI=1S/C16H19ClN4O4/c1-10(2)7-13(22)8-18-14-9-19-20(16(23)15(14)17)11-3-5-12(6-4-11)21(24)25/h3-6,9-10,13,18,22H,7-8H2,1-2H3. The molecule has 0 amide bonds. The Morgan fingerprint density at radius 1 is 1.36 bits per heavy atom. The van der Waals surface area contributed by atoms with Crippen LogP contribution in [0.25, 0.3) is 5.69 Å². The summed E-state index contributed by atoms with van der Waals surface area (Å²) in [6, 6.07) is 5.41. The number of benzene rings is 1. The van der Waals surface area contributed by atoms with E-state index in [-0.39, 0.29) is 17.3 Å². The van der Waals surface area contributed by atoms with Gasteiger partial charge in [0.25, 0.3) is 11.2 Å². The number of nitro benzene ring substituents is 1. The van der Waals surface area contributed by atoms with Crippen LogP contribution in [0.5, 0.6) is 0 Å². The van der Waals surface area contributed by atoms with E-state index in [4.69, 9.17) is 11.6 Å². The van der Waals surface area contributed by atoms with Gasteiger partial charge in [0.05, 0.1) is 28.6 Å². The molecule has 2 N–H and O–H groups in total. The molecule has 0 spiro atoms. The first-order chi connectivity index (χ1) is 11.8. The fourth-order valence-corrected chi connectivity index (χ4v) is 2.51. The van der Waals surface area contributed by atoms with Crippen molar-refractivity contribution in [3.63, 3.8) is 0 Å². The second-order valence-corrected chi connectivity index (χ2v) is 6.40. The molecule has 0 bridgehead atoms. The van der Waals surface area contributed by atoms with Gasteiger partial charge >= 0.3 is 0 Å². The van der Waals surface area contributed by atoms with Gasteiger partial charge in [-0.25, -0.2) is 0 Å². The van der Waals surface area contributed by atoms with E-state index in [0.29, 0.717) is 23.7 Å². The minimum Gasteiger partial charge on any atom is -0.391 e. The third-order valence-corrected chi connectivity index (χ3v) is 3.86. The molecule has 1 unspecified atom stereocenters. The molecule has 1 aromatic carbocycles. The molecule has 1 atom stereocenters. The van der Waals surface area contributed by atoms with E-state index in [2.05, 4.69) is 10.4 Å². The second-order valence-electron chi connectivity index (χ2n) is 6.03. The van der Waals surface area contributed by atoms with E-state index in [1.165, 1.54) is 30.5 Å². The van der Waals surface area contributed by atoms with Crippen molar-refractivity contribution in [2.24, 2.45) is 5.92 Å². The van der Waals surface area contributed by atoms with Crippen LogP contribution in [-0.2, 0) is 0 Å². The molecule has 134 valence electrons. The van der Waals surface area contributed by atoms with Crippen LogP contribution in [0.3, 0.4) is 0 Å². The summed E-state index contributed by atoms with van der Waals surface area (Å²) < 4.78 is 1.06. The van der Waals surface area contributed by atoms with Gasteiger partial charge in [0, 0.05) is 18.7 Å². The van der Waals surface area contributed by atoms with Gasteiger partial charge in [-0.15, -0.1) is 0 Å². The lowest BCUT2D eigenvalue weighted by atomic mass is 10.1. The van der Waals surface area contributed by atoms with Crippen molar-refractivity contribution >= 4 is 23.0 Å². The first-order valence-electron chi connectivity index (χ1n) is 7.74. The largest absolute Gasteiger partial charge is 0.391 e. The fourth-order valence-electron chi connectivity index (χ4n) is 2.31. The number of hydrogen-bond donors (Lipinski definition) is 2. The highest BCUT2D eigenvalue weighted by Gasteiger charge is 2.13. The molecule has 25 heavy (non-hydrogen) atoms. The topological polar surface area (TPSA) is 110 Å². The summed E-state index contributed by atoms with van der Waals surface area (Å²) in [6.45, 7) is 4.26. The number of nitrogens with one attached hydrogen (secondary N) is 1. The van der Waals surface area contributed by atoms with E-state index in [0.717, 1.165) is 4.68 Å². The van der Waals surface area contributed by atoms with Crippen LogP contribution in [-0.4, -0.2) is 32.5 Å². The van der Waals surface area contributed by atoms with Gasteiger partial charge in [0.1, 0.15) is 5.02 Å². The summed E-state index contributed by atoms with van der Waals surface area (Å²) >= 11 is 6.09. The highest BCUT2D eigenvalue weighted by atomic mass is 35.5. The smallest absolute Gasteiger partial charge is 0.292 e. The first kappa shape index (κ1) is 18.9. The average Bonchev–Trinajstić information content (AvgIpc) is 2.55. The van der Waals surface area contributed by atoms with Gasteiger partial charge in [-0.05, 0) is 24.5 Å². The third kappa shape index (κ3) is 4.77. The summed E-state index contributed by atoms with van der Waals surface area (Å²) in [6.07, 6.45) is 1.44.